The molecule has 3 fully saturated rings. The standard InChI is InChI=1S/C25H38O5/c1-15(29-16(2)26)25(28)13-10-22-20-7-6-18-14-19(30-17(3)27)8-11-23(18,4)21(20)9-12-24(22,25)5/h6,15,19-22,28H,7-14H2,1-5H3/t15-,19+,20-,21+,22+,23+,24+,25+/m1/s1. The van der Waals surface area contributed by atoms with Gasteiger partial charge in [0, 0.05) is 25.7 Å². The van der Waals surface area contributed by atoms with Crippen LogP contribution in [0.4, 0.5) is 0 Å². The summed E-state index contributed by atoms with van der Waals surface area (Å²) in [7, 11) is 0. The third kappa shape index (κ3) is 3.14. The number of esters is 2. The van der Waals surface area contributed by atoms with Gasteiger partial charge in [-0.25, -0.2) is 0 Å². The first kappa shape index (κ1) is 21.9. The highest BCUT2D eigenvalue weighted by molar-refractivity contribution is 5.66. The summed E-state index contributed by atoms with van der Waals surface area (Å²) in [4.78, 5) is 23.0. The SMILES string of the molecule is CC(=O)O[C@H]1CC[C@@]2(C)C(=CC[C@@H]3[C@@H]2CC[C@@]2(C)[C@H]3CC[C@]2(O)[C@@H](C)OC(C)=O)C1. The maximum absolute atomic E-state index is 11.7. The molecule has 0 aromatic heterocycles. The van der Waals surface area contributed by atoms with Crippen LogP contribution in [0.1, 0.15) is 86.0 Å². The Labute approximate surface area is 180 Å². The van der Waals surface area contributed by atoms with Crippen LogP contribution in [0.5, 0.6) is 0 Å². The lowest BCUT2D eigenvalue weighted by atomic mass is 9.46. The van der Waals surface area contributed by atoms with Crippen LogP contribution in [0, 0.1) is 28.6 Å². The van der Waals surface area contributed by atoms with E-state index in [9.17, 15) is 14.7 Å². The van der Waals surface area contributed by atoms with Crippen LogP contribution >= 0.6 is 0 Å². The zero-order chi connectivity index (χ0) is 21.9. The van der Waals surface area contributed by atoms with Crippen molar-refractivity contribution in [1.82, 2.24) is 0 Å². The molecule has 0 bridgehead atoms. The van der Waals surface area contributed by atoms with Crippen molar-refractivity contribution in [3.8, 4) is 0 Å². The van der Waals surface area contributed by atoms with E-state index < -0.39 is 11.7 Å². The van der Waals surface area contributed by atoms with E-state index >= 15 is 0 Å². The highest BCUT2D eigenvalue weighted by Crippen LogP contribution is 2.67. The largest absolute Gasteiger partial charge is 0.462 e. The Morgan fingerprint density at radius 3 is 2.43 bits per heavy atom. The number of rotatable bonds is 3. The van der Waals surface area contributed by atoms with Crippen molar-refractivity contribution in [3.05, 3.63) is 11.6 Å². The fourth-order valence-electron chi connectivity index (χ4n) is 8.03. The maximum atomic E-state index is 11.7. The number of fused-ring (bicyclic) bond motifs is 5. The monoisotopic (exact) mass is 418 g/mol. The maximum Gasteiger partial charge on any atom is 0.302 e. The predicted molar refractivity (Wildman–Crippen MR) is 113 cm³/mol. The topological polar surface area (TPSA) is 72.8 Å². The van der Waals surface area contributed by atoms with Gasteiger partial charge in [-0.3, -0.25) is 9.59 Å². The van der Waals surface area contributed by atoms with Gasteiger partial charge >= 0.3 is 11.9 Å². The number of aliphatic hydroxyl groups is 1. The summed E-state index contributed by atoms with van der Waals surface area (Å²) < 4.78 is 11.0. The average molecular weight is 419 g/mol. The Bertz CT molecular complexity index is 759. The lowest BCUT2D eigenvalue weighted by molar-refractivity contribution is -0.192. The van der Waals surface area contributed by atoms with Crippen molar-refractivity contribution in [3.63, 3.8) is 0 Å². The summed E-state index contributed by atoms with van der Waals surface area (Å²) in [6, 6.07) is 0. The van der Waals surface area contributed by atoms with E-state index in [-0.39, 0.29) is 28.9 Å². The number of carbonyl (C=O) groups excluding carboxylic acids is 2. The molecule has 0 aliphatic heterocycles. The van der Waals surface area contributed by atoms with Crippen LogP contribution < -0.4 is 0 Å². The highest BCUT2D eigenvalue weighted by atomic mass is 16.6. The van der Waals surface area contributed by atoms with Crippen LogP contribution in [-0.4, -0.2) is 34.9 Å². The Balaban J connectivity index is 1.58. The van der Waals surface area contributed by atoms with E-state index in [2.05, 4.69) is 19.9 Å². The van der Waals surface area contributed by atoms with Crippen molar-refractivity contribution in [1.29, 1.82) is 0 Å². The Morgan fingerprint density at radius 1 is 1.07 bits per heavy atom. The van der Waals surface area contributed by atoms with Gasteiger partial charge in [0.1, 0.15) is 17.8 Å². The molecule has 30 heavy (non-hydrogen) atoms. The molecule has 4 rings (SSSR count). The molecule has 168 valence electrons. The van der Waals surface area contributed by atoms with Crippen molar-refractivity contribution < 1.29 is 24.2 Å². The van der Waals surface area contributed by atoms with Crippen LogP contribution in [0.3, 0.4) is 0 Å². The molecule has 0 spiro atoms. The molecule has 0 aromatic rings. The Kier molecular flexibility index (Phi) is 5.36. The summed E-state index contributed by atoms with van der Waals surface area (Å²) in [6.45, 7) is 9.44. The van der Waals surface area contributed by atoms with Gasteiger partial charge in [0.2, 0.25) is 0 Å². The van der Waals surface area contributed by atoms with Crippen LogP contribution in [-0.2, 0) is 19.1 Å². The fourth-order valence-corrected chi connectivity index (χ4v) is 8.03. The van der Waals surface area contributed by atoms with E-state index in [0.29, 0.717) is 24.2 Å². The molecule has 0 radical (unpaired) electrons. The van der Waals surface area contributed by atoms with Crippen LogP contribution in [0.25, 0.3) is 0 Å². The second-order valence-corrected chi connectivity index (χ2v) is 10.9. The van der Waals surface area contributed by atoms with Gasteiger partial charge in [0.05, 0.1) is 0 Å². The molecule has 1 N–H and O–H groups in total. The van der Waals surface area contributed by atoms with E-state index in [0.717, 1.165) is 44.9 Å². The van der Waals surface area contributed by atoms with Gasteiger partial charge < -0.3 is 14.6 Å². The molecule has 3 saturated carbocycles. The lowest BCUT2D eigenvalue weighted by Crippen LogP contribution is -2.58. The van der Waals surface area contributed by atoms with Gasteiger partial charge in [-0.1, -0.05) is 25.5 Å². The normalized spacial score (nSPS) is 46.0. The minimum Gasteiger partial charge on any atom is -0.462 e. The number of hydrogen-bond acceptors (Lipinski definition) is 5. The molecule has 4 aliphatic rings. The van der Waals surface area contributed by atoms with Crippen molar-refractivity contribution in [2.45, 2.75) is 104 Å². The highest BCUT2D eigenvalue weighted by Gasteiger charge is 2.65. The molecule has 0 aromatic carbocycles. The van der Waals surface area contributed by atoms with Gasteiger partial charge in [-0.2, -0.15) is 0 Å². The third-order valence-corrected chi connectivity index (χ3v) is 9.62. The first-order valence-electron chi connectivity index (χ1n) is 11.8. The summed E-state index contributed by atoms with van der Waals surface area (Å²) in [5.41, 5.74) is 0.473. The average Bonchev–Trinajstić information content (AvgIpc) is 2.93. The van der Waals surface area contributed by atoms with Gasteiger partial charge in [0.15, 0.2) is 0 Å². The Morgan fingerprint density at radius 2 is 1.77 bits per heavy atom. The summed E-state index contributed by atoms with van der Waals surface area (Å²) in [6.07, 6.45) is 9.64. The molecule has 4 aliphatic carbocycles. The third-order valence-electron chi connectivity index (χ3n) is 9.62. The van der Waals surface area contributed by atoms with E-state index in [4.69, 9.17) is 9.47 Å². The number of carbonyl (C=O) groups is 2. The van der Waals surface area contributed by atoms with Crippen LogP contribution in [0.15, 0.2) is 11.6 Å². The fraction of sp³-hybridized carbons (Fsp3) is 0.840. The molecular weight excluding hydrogens is 380 g/mol. The van der Waals surface area contributed by atoms with E-state index in [1.165, 1.54) is 19.4 Å². The summed E-state index contributed by atoms with van der Waals surface area (Å²) in [5.74, 6) is 1.11. The minimum absolute atomic E-state index is 0.0217. The van der Waals surface area contributed by atoms with Crippen LogP contribution in [0.2, 0.25) is 0 Å². The van der Waals surface area contributed by atoms with Gasteiger partial charge in [0.25, 0.3) is 0 Å². The van der Waals surface area contributed by atoms with Crippen molar-refractivity contribution in [2.75, 3.05) is 0 Å². The summed E-state index contributed by atoms with van der Waals surface area (Å²) in [5, 5.41) is 11.7. The molecule has 0 heterocycles. The number of ether oxygens (including phenoxy) is 2. The quantitative estimate of drug-likeness (QED) is 0.537. The zero-order valence-electron chi connectivity index (χ0n) is 19.2. The second kappa shape index (κ2) is 7.36. The minimum atomic E-state index is -0.952. The predicted octanol–water partition coefficient (Wildman–Crippen LogP) is 4.56. The van der Waals surface area contributed by atoms with Gasteiger partial charge in [-0.15, -0.1) is 0 Å². The molecule has 5 heteroatoms. The molecule has 8 atom stereocenters. The number of hydrogen-bond donors (Lipinski definition) is 1. The molecule has 0 amide bonds. The smallest absolute Gasteiger partial charge is 0.302 e. The zero-order valence-corrected chi connectivity index (χ0v) is 19.2. The summed E-state index contributed by atoms with van der Waals surface area (Å²) >= 11 is 0. The molecule has 5 nitrogen and oxygen atoms in total. The van der Waals surface area contributed by atoms with E-state index in [1.54, 1.807) is 0 Å². The molecular formula is C25H38O5. The van der Waals surface area contributed by atoms with E-state index in [1.807, 2.05) is 6.92 Å². The van der Waals surface area contributed by atoms with Crippen molar-refractivity contribution in [2.24, 2.45) is 28.6 Å². The Hall–Kier alpha value is -1.36. The first-order valence-corrected chi connectivity index (χ1v) is 11.8. The lowest BCUT2D eigenvalue weighted by Gasteiger charge is -2.59. The number of allylic oxidation sites excluding steroid dienone is 1. The molecule has 0 saturated heterocycles. The first-order chi connectivity index (χ1) is 14.0. The van der Waals surface area contributed by atoms with Gasteiger partial charge in [-0.05, 0) is 75.0 Å². The molecule has 0 unspecified atom stereocenters. The second-order valence-electron chi connectivity index (χ2n) is 10.9. The van der Waals surface area contributed by atoms with Crippen molar-refractivity contribution >= 4 is 11.9 Å².